The van der Waals surface area contributed by atoms with Crippen LogP contribution in [0.15, 0.2) is 0 Å². The van der Waals surface area contributed by atoms with E-state index in [-0.39, 0.29) is 20.4 Å². The molecule has 3 heteroatoms. The molecule has 0 aromatic heterocycles. The minimum atomic E-state index is 0. The second kappa shape index (κ2) is 7.94. The van der Waals surface area contributed by atoms with Crippen LogP contribution in [-0.4, -0.2) is 26.2 Å². The Labute approximate surface area is 95.9 Å². The summed E-state index contributed by atoms with van der Waals surface area (Å²) >= 11 is 0. The maximum Gasteiger partial charge on any atom is 0 e. The van der Waals surface area contributed by atoms with Gasteiger partial charge in [-0.1, -0.05) is 25.7 Å². The second-order valence-electron chi connectivity index (χ2n) is 4.18. The number of nitrogens with one attached hydrogen (secondary N) is 1. The molecule has 0 atom stereocenters. The Kier molecular flexibility index (Phi) is 8.29. The summed E-state index contributed by atoms with van der Waals surface area (Å²) in [5.74, 6) is 1.59. The van der Waals surface area contributed by atoms with E-state index in [1.807, 2.05) is 0 Å². The Hall–Kier alpha value is 0.582. The van der Waals surface area contributed by atoms with Gasteiger partial charge in [0.05, 0.1) is 0 Å². The molecule has 0 unspecified atom stereocenters. The van der Waals surface area contributed by atoms with E-state index in [9.17, 15) is 0 Å². The number of rotatable bonds is 4. The number of hydrogen-bond donors (Lipinski definition) is 1. The first-order chi connectivity index (χ1) is 5.79. The van der Waals surface area contributed by atoms with Crippen LogP contribution in [0.3, 0.4) is 0 Å². The predicted octanol–water partition coefficient (Wildman–Crippen LogP) is 2.01. The molecule has 1 aliphatic heterocycles. The molecule has 1 radical (unpaired) electrons. The first-order valence-electron chi connectivity index (χ1n) is 5.13. The molecule has 1 saturated heterocycles. The van der Waals surface area contributed by atoms with E-state index in [0.717, 1.165) is 24.9 Å². The van der Waals surface area contributed by atoms with E-state index < -0.39 is 0 Å². The second-order valence-corrected chi connectivity index (χ2v) is 4.18. The van der Waals surface area contributed by atoms with E-state index >= 15 is 0 Å². The van der Waals surface area contributed by atoms with Crippen molar-refractivity contribution < 1.29 is 20.4 Å². The minimum absolute atomic E-state index is 0. The van der Waals surface area contributed by atoms with Gasteiger partial charge in [-0.2, -0.15) is 0 Å². The van der Waals surface area contributed by atoms with Crippen LogP contribution in [0.5, 0.6) is 0 Å². The van der Waals surface area contributed by atoms with Crippen molar-refractivity contribution in [3.05, 3.63) is 5.32 Å². The molecule has 1 rings (SSSR count). The van der Waals surface area contributed by atoms with Gasteiger partial charge >= 0.3 is 0 Å². The van der Waals surface area contributed by atoms with Crippen LogP contribution < -0.4 is 5.32 Å². The monoisotopic (exact) mass is 356 g/mol. The van der Waals surface area contributed by atoms with Crippen LogP contribution in [-0.2, 0) is 20.4 Å². The largest absolute Gasteiger partial charge is 0.662 e. The van der Waals surface area contributed by atoms with Crippen molar-refractivity contribution in [3.8, 4) is 0 Å². The molecule has 0 amide bonds. The third kappa shape index (κ3) is 6.63. The summed E-state index contributed by atoms with van der Waals surface area (Å²) in [6.45, 7) is 8.99. The van der Waals surface area contributed by atoms with Gasteiger partial charge in [0, 0.05) is 20.4 Å². The van der Waals surface area contributed by atoms with Gasteiger partial charge in [-0.3, -0.25) is 0 Å². The quantitative estimate of drug-likeness (QED) is 0.820. The van der Waals surface area contributed by atoms with Gasteiger partial charge in [-0.25, -0.2) is 0 Å². The van der Waals surface area contributed by atoms with Crippen molar-refractivity contribution in [2.75, 3.05) is 26.2 Å². The smallest absolute Gasteiger partial charge is 0 e. The summed E-state index contributed by atoms with van der Waals surface area (Å²) in [7, 11) is 0. The van der Waals surface area contributed by atoms with E-state index in [0.29, 0.717) is 0 Å². The number of piperidine rings is 1. The molecular weight excluding hydrogens is 334 g/mol. The summed E-state index contributed by atoms with van der Waals surface area (Å²) in [4.78, 5) is 0. The van der Waals surface area contributed by atoms with E-state index in [4.69, 9.17) is 0 Å². The first kappa shape index (κ1) is 13.6. The molecule has 1 fully saturated rings. The normalized spacial score (nSPS) is 18.7. The van der Waals surface area contributed by atoms with Crippen molar-refractivity contribution in [1.82, 2.24) is 5.32 Å². The van der Waals surface area contributed by atoms with Crippen LogP contribution >= 0.6 is 0 Å². The van der Waals surface area contributed by atoms with E-state index in [1.165, 1.54) is 25.9 Å². The van der Waals surface area contributed by atoms with Crippen molar-refractivity contribution >= 4 is 0 Å². The molecule has 0 aliphatic carbocycles. The van der Waals surface area contributed by atoms with Crippen LogP contribution in [0.2, 0.25) is 0 Å². The molecule has 1 heterocycles. The third-order valence-corrected chi connectivity index (χ3v) is 2.34. The zero-order valence-corrected chi connectivity index (χ0v) is 11.4. The molecule has 0 saturated carbocycles. The molecule has 1 aliphatic rings. The molecule has 0 bridgehead atoms. The zero-order chi connectivity index (χ0) is 8.81. The van der Waals surface area contributed by atoms with Crippen molar-refractivity contribution in [3.63, 3.8) is 0 Å². The van der Waals surface area contributed by atoms with E-state index in [2.05, 4.69) is 24.5 Å². The van der Waals surface area contributed by atoms with Gasteiger partial charge in [-0.15, -0.1) is 13.1 Å². The molecular formula is C10H21N2Re-. The SMILES string of the molecule is CC(C)C[N-]CC1CCNCC1.[Re]. The Balaban J connectivity index is 0.00000144. The van der Waals surface area contributed by atoms with Crippen LogP contribution in [0.25, 0.3) is 5.32 Å². The third-order valence-electron chi connectivity index (χ3n) is 2.34. The van der Waals surface area contributed by atoms with Crippen LogP contribution in [0.1, 0.15) is 26.7 Å². The zero-order valence-electron chi connectivity index (χ0n) is 8.72. The molecule has 79 valence electrons. The minimum Gasteiger partial charge on any atom is -0.662 e. The molecule has 1 N–H and O–H groups in total. The van der Waals surface area contributed by atoms with Crippen molar-refractivity contribution in [2.24, 2.45) is 11.8 Å². The maximum atomic E-state index is 4.57. The van der Waals surface area contributed by atoms with Gasteiger partial charge < -0.3 is 10.6 Å². The fraction of sp³-hybridized carbons (Fsp3) is 1.00. The first-order valence-corrected chi connectivity index (χ1v) is 5.13. The summed E-state index contributed by atoms with van der Waals surface area (Å²) in [5, 5.41) is 7.94. The Bertz CT molecular complexity index is 111. The average Bonchev–Trinajstić information content (AvgIpc) is 2.05. The van der Waals surface area contributed by atoms with Gasteiger partial charge in [0.1, 0.15) is 0 Å². The Morgan fingerprint density at radius 2 is 1.92 bits per heavy atom. The molecule has 2 nitrogen and oxygen atoms in total. The molecule has 13 heavy (non-hydrogen) atoms. The fourth-order valence-electron chi connectivity index (χ4n) is 1.58. The summed E-state index contributed by atoms with van der Waals surface area (Å²) in [6.07, 6.45) is 2.64. The maximum absolute atomic E-state index is 4.57. The summed E-state index contributed by atoms with van der Waals surface area (Å²) in [6, 6.07) is 0. The number of hydrogen-bond acceptors (Lipinski definition) is 1. The predicted molar refractivity (Wildman–Crippen MR) is 53.5 cm³/mol. The fourth-order valence-corrected chi connectivity index (χ4v) is 1.58. The average molecular weight is 355 g/mol. The summed E-state index contributed by atoms with van der Waals surface area (Å²) in [5.41, 5.74) is 0. The number of nitrogens with zero attached hydrogens (tertiary/aromatic N) is 1. The van der Waals surface area contributed by atoms with Crippen LogP contribution in [0, 0.1) is 11.8 Å². The van der Waals surface area contributed by atoms with Gasteiger partial charge in [0.25, 0.3) is 0 Å². The van der Waals surface area contributed by atoms with Gasteiger partial charge in [0.15, 0.2) is 0 Å². The Morgan fingerprint density at radius 3 is 2.46 bits per heavy atom. The van der Waals surface area contributed by atoms with E-state index in [1.54, 1.807) is 0 Å². The van der Waals surface area contributed by atoms with Gasteiger partial charge in [-0.05, 0) is 25.9 Å². The van der Waals surface area contributed by atoms with Crippen molar-refractivity contribution in [2.45, 2.75) is 26.7 Å². The summed E-state index contributed by atoms with van der Waals surface area (Å²) < 4.78 is 0. The molecule has 0 aromatic rings. The van der Waals surface area contributed by atoms with Crippen molar-refractivity contribution in [1.29, 1.82) is 0 Å². The van der Waals surface area contributed by atoms with Crippen LogP contribution in [0.4, 0.5) is 0 Å². The topological polar surface area (TPSA) is 26.1 Å². The van der Waals surface area contributed by atoms with Gasteiger partial charge in [0.2, 0.25) is 0 Å². The standard InChI is InChI=1S/C10H21N2.Re/c1-9(2)7-12-8-10-3-5-11-6-4-10;/h9-11H,3-8H2,1-2H3;/q-1;. The molecule has 0 spiro atoms. The molecule has 0 aromatic carbocycles. The Morgan fingerprint density at radius 1 is 1.31 bits per heavy atom.